The maximum absolute atomic E-state index is 12.2. The first-order valence-electron chi connectivity index (χ1n) is 4.64. The Balaban J connectivity index is 2.46. The molecule has 4 heteroatoms. The van der Waals surface area contributed by atoms with Crippen molar-refractivity contribution < 1.29 is 9.21 Å². The van der Waals surface area contributed by atoms with E-state index in [1.165, 1.54) is 6.26 Å². The van der Waals surface area contributed by atoms with E-state index in [0.717, 1.165) is 4.90 Å². The summed E-state index contributed by atoms with van der Waals surface area (Å²) in [5, 5.41) is 0. The molecule has 0 aliphatic carbocycles. The molecule has 0 amide bonds. The second-order valence-electron chi connectivity index (χ2n) is 3.13. The normalized spacial score (nSPS) is 10.4. The van der Waals surface area contributed by atoms with Crippen LogP contribution in [0.2, 0.25) is 0 Å². The van der Waals surface area contributed by atoms with Crippen LogP contribution in [0.5, 0.6) is 0 Å². The van der Waals surface area contributed by atoms with Crippen molar-refractivity contribution in [2.45, 2.75) is 4.90 Å². The Morgan fingerprint density at radius 1 is 1.31 bits per heavy atom. The summed E-state index contributed by atoms with van der Waals surface area (Å²) in [4.78, 5) is 13.1. The first-order chi connectivity index (χ1) is 7.74. The van der Waals surface area contributed by atoms with Gasteiger partial charge in [0.15, 0.2) is 5.76 Å². The number of thioether (sulfide) groups is 1. The predicted octanol–water partition coefficient (Wildman–Crippen LogP) is 4.00. The molecule has 0 saturated heterocycles. The van der Waals surface area contributed by atoms with Gasteiger partial charge in [0, 0.05) is 10.5 Å². The third-order valence-corrected chi connectivity index (χ3v) is 3.60. The van der Waals surface area contributed by atoms with E-state index in [2.05, 4.69) is 15.9 Å². The molecule has 1 aromatic heterocycles. The number of carbonyl (C=O) groups is 1. The fourth-order valence-corrected chi connectivity index (χ4v) is 2.39. The molecule has 0 aliphatic heterocycles. The molecule has 82 valence electrons. The molecule has 16 heavy (non-hydrogen) atoms. The fraction of sp³-hybridized carbons (Fsp3) is 0.0833. The van der Waals surface area contributed by atoms with Crippen LogP contribution < -0.4 is 0 Å². The molecule has 1 aromatic carbocycles. The Morgan fingerprint density at radius 3 is 2.69 bits per heavy atom. The average Bonchev–Trinajstić information content (AvgIpc) is 2.74. The van der Waals surface area contributed by atoms with Crippen molar-refractivity contribution in [3.05, 3.63) is 52.4 Å². The average molecular weight is 297 g/mol. The zero-order chi connectivity index (χ0) is 11.5. The third kappa shape index (κ3) is 2.08. The number of hydrogen-bond donors (Lipinski definition) is 0. The zero-order valence-electron chi connectivity index (χ0n) is 8.57. The Labute approximate surface area is 106 Å². The molecule has 2 rings (SSSR count). The van der Waals surface area contributed by atoms with Gasteiger partial charge in [0.1, 0.15) is 0 Å². The number of hydrogen-bond acceptors (Lipinski definition) is 3. The standard InChI is InChI=1S/C12H9BrO2S/c1-16-10-5-3-2-4-8(10)11(14)12-9(13)6-7-15-12/h2-7H,1H3. The zero-order valence-corrected chi connectivity index (χ0v) is 11.0. The summed E-state index contributed by atoms with van der Waals surface area (Å²) >= 11 is 4.84. The van der Waals surface area contributed by atoms with E-state index in [4.69, 9.17) is 4.42 Å². The van der Waals surface area contributed by atoms with E-state index in [-0.39, 0.29) is 5.78 Å². The van der Waals surface area contributed by atoms with Crippen molar-refractivity contribution in [1.82, 2.24) is 0 Å². The second-order valence-corrected chi connectivity index (χ2v) is 4.83. The number of furan rings is 1. The van der Waals surface area contributed by atoms with Crippen LogP contribution in [0, 0.1) is 0 Å². The molecule has 0 atom stereocenters. The highest BCUT2D eigenvalue weighted by Gasteiger charge is 2.18. The largest absolute Gasteiger partial charge is 0.460 e. The topological polar surface area (TPSA) is 30.2 Å². The van der Waals surface area contributed by atoms with Crippen molar-refractivity contribution in [2.75, 3.05) is 6.26 Å². The quantitative estimate of drug-likeness (QED) is 0.633. The first kappa shape index (κ1) is 11.5. The molecule has 0 aliphatic rings. The highest BCUT2D eigenvalue weighted by Crippen LogP contribution is 2.26. The number of benzene rings is 1. The number of halogens is 1. The minimum absolute atomic E-state index is 0.0955. The summed E-state index contributed by atoms with van der Waals surface area (Å²) in [6, 6.07) is 9.22. The van der Waals surface area contributed by atoms with Gasteiger partial charge in [-0.05, 0) is 40.4 Å². The van der Waals surface area contributed by atoms with Crippen molar-refractivity contribution in [3.8, 4) is 0 Å². The summed E-state index contributed by atoms with van der Waals surface area (Å²) < 4.78 is 5.86. The van der Waals surface area contributed by atoms with E-state index in [0.29, 0.717) is 15.8 Å². The SMILES string of the molecule is CSc1ccccc1C(=O)c1occc1Br. The van der Waals surface area contributed by atoms with E-state index >= 15 is 0 Å². The highest BCUT2D eigenvalue weighted by atomic mass is 79.9. The molecule has 0 bridgehead atoms. The molecule has 0 radical (unpaired) electrons. The maximum atomic E-state index is 12.2. The molecule has 2 aromatic rings. The molecular formula is C12H9BrO2S. The van der Waals surface area contributed by atoms with E-state index in [1.54, 1.807) is 17.8 Å². The Morgan fingerprint density at radius 2 is 2.06 bits per heavy atom. The van der Waals surface area contributed by atoms with Gasteiger partial charge in [0.2, 0.25) is 5.78 Å². The van der Waals surface area contributed by atoms with Crippen molar-refractivity contribution in [3.63, 3.8) is 0 Å². The number of rotatable bonds is 3. The monoisotopic (exact) mass is 296 g/mol. The van der Waals surface area contributed by atoms with Gasteiger partial charge in [-0.2, -0.15) is 0 Å². The van der Waals surface area contributed by atoms with Crippen LogP contribution in [-0.4, -0.2) is 12.0 Å². The van der Waals surface area contributed by atoms with Crippen molar-refractivity contribution in [2.24, 2.45) is 0 Å². The Hall–Kier alpha value is -1.00. The molecule has 0 saturated carbocycles. The van der Waals surface area contributed by atoms with Gasteiger partial charge in [-0.15, -0.1) is 11.8 Å². The summed E-state index contributed by atoms with van der Waals surface area (Å²) in [6.45, 7) is 0. The molecule has 0 unspecified atom stereocenters. The number of carbonyl (C=O) groups excluding carboxylic acids is 1. The van der Waals surface area contributed by atoms with E-state index < -0.39 is 0 Å². The van der Waals surface area contributed by atoms with Crippen LogP contribution in [0.25, 0.3) is 0 Å². The van der Waals surface area contributed by atoms with Gasteiger partial charge in [-0.25, -0.2) is 0 Å². The van der Waals surface area contributed by atoms with Crippen molar-refractivity contribution in [1.29, 1.82) is 0 Å². The molecular weight excluding hydrogens is 288 g/mol. The van der Waals surface area contributed by atoms with Gasteiger partial charge in [0.25, 0.3) is 0 Å². The predicted molar refractivity (Wildman–Crippen MR) is 68.1 cm³/mol. The lowest BCUT2D eigenvalue weighted by molar-refractivity contribution is 0.101. The van der Waals surface area contributed by atoms with Gasteiger partial charge in [-0.1, -0.05) is 12.1 Å². The fourth-order valence-electron chi connectivity index (χ4n) is 1.41. The summed E-state index contributed by atoms with van der Waals surface area (Å²) in [5.41, 5.74) is 0.672. The molecule has 2 nitrogen and oxygen atoms in total. The summed E-state index contributed by atoms with van der Waals surface area (Å²) in [6.07, 6.45) is 3.45. The molecule has 1 heterocycles. The minimum Gasteiger partial charge on any atom is -0.460 e. The van der Waals surface area contributed by atoms with Crippen LogP contribution >= 0.6 is 27.7 Å². The lowest BCUT2D eigenvalue weighted by atomic mass is 10.1. The Bertz CT molecular complexity index is 519. The van der Waals surface area contributed by atoms with Crippen LogP contribution in [-0.2, 0) is 0 Å². The van der Waals surface area contributed by atoms with Crippen LogP contribution in [0.15, 0.2) is 50.4 Å². The van der Waals surface area contributed by atoms with Gasteiger partial charge >= 0.3 is 0 Å². The van der Waals surface area contributed by atoms with E-state index in [1.807, 2.05) is 30.5 Å². The van der Waals surface area contributed by atoms with Gasteiger partial charge in [-0.3, -0.25) is 4.79 Å². The van der Waals surface area contributed by atoms with Crippen molar-refractivity contribution >= 4 is 33.5 Å². The Kier molecular flexibility index (Phi) is 3.51. The summed E-state index contributed by atoms with van der Waals surface area (Å²) in [5.74, 6) is 0.253. The number of ketones is 1. The van der Waals surface area contributed by atoms with Crippen LogP contribution in [0.3, 0.4) is 0 Å². The molecule has 0 fully saturated rings. The van der Waals surface area contributed by atoms with E-state index in [9.17, 15) is 4.79 Å². The van der Waals surface area contributed by atoms with Gasteiger partial charge < -0.3 is 4.42 Å². The lowest BCUT2D eigenvalue weighted by Crippen LogP contribution is -2.02. The molecule has 0 spiro atoms. The second kappa shape index (κ2) is 4.89. The van der Waals surface area contributed by atoms with Gasteiger partial charge in [0.05, 0.1) is 10.7 Å². The smallest absolute Gasteiger partial charge is 0.230 e. The highest BCUT2D eigenvalue weighted by molar-refractivity contribution is 9.10. The van der Waals surface area contributed by atoms with Crippen LogP contribution in [0.1, 0.15) is 16.1 Å². The minimum atomic E-state index is -0.0955. The molecule has 0 N–H and O–H groups in total. The van der Waals surface area contributed by atoms with Crippen LogP contribution in [0.4, 0.5) is 0 Å². The third-order valence-electron chi connectivity index (χ3n) is 2.18. The first-order valence-corrected chi connectivity index (χ1v) is 6.66. The lowest BCUT2D eigenvalue weighted by Gasteiger charge is -2.04. The summed E-state index contributed by atoms with van der Waals surface area (Å²) in [7, 11) is 0. The maximum Gasteiger partial charge on any atom is 0.230 e.